The van der Waals surface area contributed by atoms with E-state index in [1.807, 2.05) is 6.07 Å². The number of aromatic nitrogens is 2. The summed E-state index contributed by atoms with van der Waals surface area (Å²) in [6, 6.07) is 11.1. The fourth-order valence-corrected chi connectivity index (χ4v) is 3.61. The average Bonchev–Trinajstić information content (AvgIpc) is 3.25. The first-order valence-corrected chi connectivity index (χ1v) is 9.66. The number of halogens is 1. The molecule has 2 aromatic carbocycles. The van der Waals surface area contributed by atoms with Gasteiger partial charge < -0.3 is 14.2 Å². The monoisotopic (exact) mass is 409 g/mol. The number of ether oxygens (including phenoxy) is 1. The van der Waals surface area contributed by atoms with Crippen LogP contribution in [0.2, 0.25) is 0 Å². The SMILES string of the molecule is COC(=O)c1cccc2c1CCCN2C(=O)CCc1nc(-c2ccc(F)cc2)no1. The lowest BCUT2D eigenvalue weighted by atomic mass is 9.96. The van der Waals surface area contributed by atoms with E-state index in [9.17, 15) is 14.0 Å². The number of aryl methyl sites for hydroxylation is 1. The first-order chi connectivity index (χ1) is 14.6. The normalized spacial score (nSPS) is 13.1. The molecule has 7 nitrogen and oxygen atoms in total. The van der Waals surface area contributed by atoms with Gasteiger partial charge in [0.05, 0.1) is 12.7 Å². The first kappa shape index (κ1) is 19.8. The molecule has 2 heterocycles. The Morgan fingerprint density at radius 1 is 1.20 bits per heavy atom. The zero-order chi connectivity index (χ0) is 21.1. The van der Waals surface area contributed by atoms with Gasteiger partial charge in [0.15, 0.2) is 0 Å². The van der Waals surface area contributed by atoms with Crippen LogP contribution in [0.3, 0.4) is 0 Å². The summed E-state index contributed by atoms with van der Waals surface area (Å²) in [6.07, 6.45) is 1.96. The van der Waals surface area contributed by atoms with E-state index in [1.165, 1.54) is 19.2 Å². The van der Waals surface area contributed by atoms with Crippen LogP contribution >= 0.6 is 0 Å². The number of benzene rings is 2. The molecule has 8 heteroatoms. The number of esters is 1. The van der Waals surface area contributed by atoms with Gasteiger partial charge in [-0.1, -0.05) is 11.2 Å². The molecule has 30 heavy (non-hydrogen) atoms. The van der Waals surface area contributed by atoms with Crippen LogP contribution < -0.4 is 4.90 Å². The standard InChI is InChI=1S/C22H20FN3O4/c1-29-22(28)17-4-2-6-18-16(17)5-3-13-26(18)20(27)12-11-19-24-21(25-30-19)14-7-9-15(23)10-8-14/h2,4,6-10H,3,5,11-13H2,1H3. The third kappa shape index (κ3) is 3.94. The Balaban J connectivity index is 1.46. The minimum Gasteiger partial charge on any atom is -0.465 e. The molecule has 1 aromatic heterocycles. The van der Waals surface area contributed by atoms with Gasteiger partial charge in [-0.05, 0) is 54.8 Å². The second-order valence-electron chi connectivity index (χ2n) is 6.96. The molecular weight excluding hydrogens is 389 g/mol. The molecule has 0 N–H and O–H groups in total. The molecule has 3 aromatic rings. The molecule has 0 unspecified atom stereocenters. The van der Waals surface area contributed by atoms with Crippen molar-refractivity contribution in [1.29, 1.82) is 0 Å². The van der Waals surface area contributed by atoms with Crippen LogP contribution in [-0.4, -0.2) is 35.7 Å². The maximum absolute atomic E-state index is 13.1. The van der Waals surface area contributed by atoms with Crippen molar-refractivity contribution < 1.29 is 23.2 Å². The van der Waals surface area contributed by atoms with Gasteiger partial charge in [0.1, 0.15) is 5.82 Å². The molecule has 0 fully saturated rings. The van der Waals surface area contributed by atoms with Crippen molar-refractivity contribution in [3.8, 4) is 11.4 Å². The molecule has 4 rings (SSSR count). The molecule has 1 amide bonds. The lowest BCUT2D eigenvalue weighted by molar-refractivity contribution is -0.118. The number of hydrogen-bond donors (Lipinski definition) is 0. The molecule has 1 aliphatic heterocycles. The largest absolute Gasteiger partial charge is 0.465 e. The Labute approximate surface area is 172 Å². The summed E-state index contributed by atoms with van der Waals surface area (Å²) in [5, 5.41) is 3.90. The highest BCUT2D eigenvalue weighted by Gasteiger charge is 2.26. The number of nitrogens with zero attached hydrogens (tertiary/aromatic N) is 3. The van der Waals surface area contributed by atoms with Gasteiger partial charge in [0.2, 0.25) is 17.6 Å². The Hall–Kier alpha value is -3.55. The highest BCUT2D eigenvalue weighted by Crippen LogP contribution is 2.31. The van der Waals surface area contributed by atoms with Gasteiger partial charge in [0.25, 0.3) is 0 Å². The number of methoxy groups -OCH3 is 1. The van der Waals surface area contributed by atoms with Crippen molar-refractivity contribution in [1.82, 2.24) is 10.1 Å². The predicted octanol–water partition coefficient (Wildman–Crippen LogP) is 3.57. The number of carbonyl (C=O) groups is 2. The van der Waals surface area contributed by atoms with Gasteiger partial charge in [-0.15, -0.1) is 0 Å². The second-order valence-corrected chi connectivity index (χ2v) is 6.96. The smallest absolute Gasteiger partial charge is 0.338 e. The molecule has 0 bridgehead atoms. The van der Waals surface area contributed by atoms with Crippen molar-refractivity contribution >= 4 is 17.6 Å². The first-order valence-electron chi connectivity index (χ1n) is 9.66. The van der Waals surface area contributed by atoms with E-state index in [0.29, 0.717) is 29.4 Å². The number of anilines is 1. The topological polar surface area (TPSA) is 85.5 Å². The number of hydrogen-bond acceptors (Lipinski definition) is 6. The molecule has 0 radical (unpaired) electrons. The van der Waals surface area contributed by atoms with Gasteiger partial charge in [-0.2, -0.15) is 4.98 Å². The van der Waals surface area contributed by atoms with Crippen LogP contribution in [0.5, 0.6) is 0 Å². The predicted molar refractivity (Wildman–Crippen MR) is 106 cm³/mol. The van der Waals surface area contributed by atoms with E-state index in [1.54, 1.807) is 29.2 Å². The Morgan fingerprint density at radius 2 is 2.00 bits per heavy atom. The second kappa shape index (κ2) is 8.44. The van der Waals surface area contributed by atoms with Crippen LogP contribution in [0, 0.1) is 5.82 Å². The lowest BCUT2D eigenvalue weighted by Gasteiger charge is -2.30. The molecule has 1 aliphatic rings. The fraction of sp³-hybridized carbons (Fsp3) is 0.273. The molecule has 0 atom stereocenters. The quantitative estimate of drug-likeness (QED) is 0.599. The van der Waals surface area contributed by atoms with Gasteiger partial charge in [-0.25, -0.2) is 9.18 Å². The van der Waals surface area contributed by atoms with Crippen LogP contribution in [0.1, 0.15) is 34.7 Å². The zero-order valence-electron chi connectivity index (χ0n) is 16.4. The summed E-state index contributed by atoms with van der Waals surface area (Å²) in [4.78, 5) is 30.9. The van der Waals surface area contributed by atoms with Crippen LogP contribution in [-0.2, 0) is 22.4 Å². The summed E-state index contributed by atoms with van der Waals surface area (Å²) < 4.78 is 23.1. The van der Waals surface area contributed by atoms with E-state index in [0.717, 1.165) is 24.1 Å². The minimum atomic E-state index is -0.402. The number of carbonyl (C=O) groups excluding carboxylic acids is 2. The minimum absolute atomic E-state index is 0.0838. The summed E-state index contributed by atoms with van der Waals surface area (Å²) in [5.41, 5.74) is 2.71. The van der Waals surface area contributed by atoms with Gasteiger partial charge in [0, 0.05) is 30.6 Å². The Bertz CT molecular complexity index is 1080. The van der Waals surface area contributed by atoms with E-state index in [2.05, 4.69) is 10.1 Å². The fourth-order valence-electron chi connectivity index (χ4n) is 3.61. The summed E-state index contributed by atoms with van der Waals surface area (Å²) >= 11 is 0. The highest BCUT2D eigenvalue weighted by atomic mass is 19.1. The van der Waals surface area contributed by atoms with Crippen molar-refractivity contribution in [3.05, 3.63) is 65.3 Å². The molecule has 154 valence electrons. The molecule has 0 saturated carbocycles. The van der Waals surface area contributed by atoms with Crippen molar-refractivity contribution in [2.45, 2.75) is 25.7 Å². The number of amides is 1. The number of fused-ring (bicyclic) bond motifs is 1. The van der Waals surface area contributed by atoms with Crippen LogP contribution in [0.4, 0.5) is 10.1 Å². The molecular formula is C22H20FN3O4. The van der Waals surface area contributed by atoms with Crippen LogP contribution in [0.15, 0.2) is 47.0 Å². The third-order valence-electron chi connectivity index (χ3n) is 5.08. The van der Waals surface area contributed by atoms with E-state index < -0.39 is 5.97 Å². The van der Waals surface area contributed by atoms with E-state index in [4.69, 9.17) is 9.26 Å². The van der Waals surface area contributed by atoms with E-state index >= 15 is 0 Å². The van der Waals surface area contributed by atoms with E-state index in [-0.39, 0.29) is 24.6 Å². The van der Waals surface area contributed by atoms with Crippen molar-refractivity contribution in [2.24, 2.45) is 0 Å². The highest BCUT2D eigenvalue weighted by molar-refractivity contribution is 5.98. The average molecular weight is 409 g/mol. The summed E-state index contributed by atoms with van der Waals surface area (Å²) in [5.74, 6) is -0.142. The summed E-state index contributed by atoms with van der Waals surface area (Å²) in [7, 11) is 1.35. The van der Waals surface area contributed by atoms with Crippen LogP contribution in [0.25, 0.3) is 11.4 Å². The maximum atomic E-state index is 13.1. The Morgan fingerprint density at radius 3 is 2.77 bits per heavy atom. The molecule has 0 saturated heterocycles. The van der Waals surface area contributed by atoms with Crippen molar-refractivity contribution in [2.75, 3.05) is 18.6 Å². The third-order valence-corrected chi connectivity index (χ3v) is 5.08. The zero-order valence-corrected chi connectivity index (χ0v) is 16.4. The van der Waals surface area contributed by atoms with Gasteiger partial charge >= 0.3 is 5.97 Å². The molecule has 0 spiro atoms. The Kier molecular flexibility index (Phi) is 5.56. The summed E-state index contributed by atoms with van der Waals surface area (Å²) in [6.45, 7) is 0.584. The molecule has 0 aliphatic carbocycles. The number of rotatable bonds is 5. The van der Waals surface area contributed by atoms with Crippen molar-refractivity contribution in [3.63, 3.8) is 0 Å². The lowest BCUT2D eigenvalue weighted by Crippen LogP contribution is -2.36. The maximum Gasteiger partial charge on any atom is 0.338 e. The van der Waals surface area contributed by atoms with Gasteiger partial charge in [-0.3, -0.25) is 4.79 Å².